The monoisotopic (exact) mass is 285 g/mol. The normalized spacial score (nSPS) is 17.8. The number of rotatable bonds is 4. The van der Waals surface area contributed by atoms with Crippen LogP contribution in [0.5, 0.6) is 0 Å². The van der Waals surface area contributed by atoms with Crippen LogP contribution in [0, 0.1) is 0 Å². The van der Waals surface area contributed by atoms with Gasteiger partial charge in [-0.3, -0.25) is 4.79 Å². The lowest BCUT2D eigenvalue weighted by Gasteiger charge is -2.15. The van der Waals surface area contributed by atoms with Crippen molar-refractivity contribution in [2.45, 2.75) is 57.8 Å². The largest absolute Gasteiger partial charge is 0.350 e. The zero-order chi connectivity index (χ0) is 14.5. The highest BCUT2D eigenvalue weighted by atomic mass is 16.1. The van der Waals surface area contributed by atoms with E-state index in [2.05, 4.69) is 21.6 Å². The number of carbonyl (C=O) groups excluding carboxylic acids is 1. The summed E-state index contributed by atoms with van der Waals surface area (Å²) in [7, 11) is 0. The lowest BCUT2D eigenvalue weighted by molar-refractivity contribution is 0.0947. The molecule has 2 aliphatic carbocycles. The molecule has 1 amide bonds. The Morgan fingerprint density at radius 2 is 1.95 bits per heavy atom. The van der Waals surface area contributed by atoms with Gasteiger partial charge in [-0.25, -0.2) is 0 Å². The molecule has 0 saturated carbocycles. The van der Waals surface area contributed by atoms with Crippen LogP contribution in [0.4, 0.5) is 0 Å². The highest BCUT2D eigenvalue weighted by Crippen LogP contribution is 2.20. The molecule has 0 atom stereocenters. The third kappa shape index (κ3) is 3.69. The van der Waals surface area contributed by atoms with Crippen molar-refractivity contribution in [2.24, 2.45) is 0 Å². The van der Waals surface area contributed by atoms with Crippen LogP contribution >= 0.6 is 0 Å². The average molecular weight is 285 g/mol. The number of hydrogen-bond acceptors (Lipinski definition) is 3. The first-order chi connectivity index (χ1) is 10.3. The standard InChI is InChI=1S/C17H23N3O/c21-17(18-11-10-13-6-2-1-3-7-13)16-12-14-8-4-5-9-15(14)19-20-16/h6,12H,1-5,7-11H2,(H,18,21). The van der Waals surface area contributed by atoms with Gasteiger partial charge in [0, 0.05) is 6.54 Å². The van der Waals surface area contributed by atoms with Gasteiger partial charge in [0.15, 0.2) is 5.69 Å². The van der Waals surface area contributed by atoms with Crippen molar-refractivity contribution in [3.63, 3.8) is 0 Å². The fourth-order valence-corrected chi connectivity index (χ4v) is 3.16. The molecule has 0 aliphatic heterocycles. The van der Waals surface area contributed by atoms with Gasteiger partial charge in [0.1, 0.15) is 0 Å². The predicted octanol–water partition coefficient (Wildman–Crippen LogP) is 2.98. The Hall–Kier alpha value is -1.71. The van der Waals surface area contributed by atoms with Gasteiger partial charge in [-0.2, -0.15) is 5.10 Å². The Kier molecular flexibility index (Phi) is 4.63. The van der Waals surface area contributed by atoms with E-state index in [1.807, 2.05) is 6.07 Å². The molecule has 1 aromatic heterocycles. The molecular weight excluding hydrogens is 262 g/mol. The number of amides is 1. The van der Waals surface area contributed by atoms with E-state index in [0.717, 1.165) is 25.0 Å². The summed E-state index contributed by atoms with van der Waals surface area (Å²) < 4.78 is 0. The molecule has 0 unspecified atom stereocenters. The number of fused-ring (bicyclic) bond motifs is 1. The SMILES string of the molecule is O=C(NCCC1=CCCCC1)c1cc2c(nn1)CCCC2. The van der Waals surface area contributed by atoms with E-state index in [1.165, 1.54) is 49.7 Å². The number of aromatic nitrogens is 2. The van der Waals surface area contributed by atoms with Crippen molar-refractivity contribution in [2.75, 3.05) is 6.54 Å². The van der Waals surface area contributed by atoms with Gasteiger partial charge < -0.3 is 5.32 Å². The summed E-state index contributed by atoms with van der Waals surface area (Å²) in [5.41, 5.74) is 4.23. The zero-order valence-electron chi connectivity index (χ0n) is 12.5. The maximum Gasteiger partial charge on any atom is 0.271 e. The Balaban J connectivity index is 1.54. The first kappa shape index (κ1) is 14.2. The second-order valence-corrected chi connectivity index (χ2v) is 6.02. The first-order valence-electron chi connectivity index (χ1n) is 8.14. The fourth-order valence-electron chi connectivity index (χ4n) is 3.16. The maximum absolute atomic E-state index is 12.1. The van der Waals surface area contributed by atoms with Crippen LogP contribution in [0.25, 0.3) is 0 Å². The van der Waals surface area contributed by atoms with Gasteiger partial charge in [-0.15, -0.1) is 5.10 Å². The van der Waals surface area contributed by atoms with Gasteiger partial charge in [-0.05, 0) is 69.4 Å². The molecule has 0 saturated heterocycles. The van der Waals surface area contributed by atoms with Gasteiger partial charge in [0.25, 0.3) is 5.91 Å². The molecule has 0 spiro atoms. The number of carbonyl (C=O) groups is 1. The predicted molar refractivity (Wildman–Crippen MR) is 82.2 cm³/mol. The zero-order valence-corrected chi connectivity index (χ0v) is 12.5. The molecule has 0 bridgehead atoms. The molecular formula is C17H23N3O. The van der Waals surface area contributed by atoms with E-state index in [9.17, 15) is 4.79 Å². The summed E-state index contributed by atoms with van der Waals surface area (Å²) in [6.07, 6.45) is 12.7. The van der Waals surface area contributed by atoms with Crippen LogP contribution < -0.4 is 5.32 Å². The summed E-state index contributed by atoms with van der Waals surface area (Å²) in [5, 5.41) is 11.3. The summed E-state index contributed by atoms with van der Waals surface area (Å²) in [6.45, 7) is 0.698. The molecule has 3 rings (SSSR count). The minimum absolute atomic E-state index is 0.0905. The number of allylic oxidation sites excluding steroid dienone is 1. The van der Waals surface area contributed by atoms with Crippen molar-refractivity contribution in [3.05, 3.63) is 34.7 Å². The number of nitrogens with zero attached hydrogens (tertiary/aromatic N) is 2. The minimum Gasteiger partial charge on any atom is -0.350 e. The average Bonchev–Trinajstić information content (AvgIpc) is 2.55. The Morgan fingerprint density at radius 3 is 2.81 bits per heavy atom. The van der Waals surface area contributed by atoms with Gasteiger partial charge in [0.05, 0.1) is 5.69 Å². The van der Waals surface area contributed by atoms with E-state index in [4.69, 9.17) is 0 Å². The molecule has 4 nitrogen and oxygen atoms in total. The molecule has 1 heterocycles. The topological polar surface area (TPSA) is 54.9 Å². The second-order valence-electron chi connectivity index (χ2n) is 6.02. The van der Waals surface area contributed by atoms with E-state index < -0.39 is 0 Å². The summed E-state index contributed by atoms with van der Waals surface area (Å²) in [5.74, 6) is -0.0905. The van der Waals surface area contributed by atoms with Crippen LogP contribution in [-0.2, 0) is 12.8 Å². The summed E-state index contributed by atoms with van der Waals surface area (Å²) in [6, 6.07) is 1.93. The van der Waals surface area contributed by atoms with Crippen LogP contribution in [0.15, 0.2) is 17.7 Å². The molecule has 0 fully saturated rings. The van der Waals surface area contributed by atoms with E-state index in [-0.39, 0.29) is 5.91 Å². The van der Waals surface area contributed by atoms with Crippen LogP contribution in [0.2, 0.25) is 0 Å². The van der Waals surface area contributed by atoms with Gasteiger partial charge in [0.2, 0.25) is 0 Å². The third-order valence-corrected chi connectivity index (χ3v) is 4.42. The molecule has 1 N–H and O–H groups in total. The van der Waals surface area contributed by atoms with Gasteiger partial charge in [-0.1, -0.05) is 11.6 Å². The molecule has 0 radical (unpaired) electrons. The smallest absolute Gasteiger partial charge is 0.271 e. The lowest BCUT2D eigenvalue weighted by Crippen LogP contribution is -2.26. The van der Waals surface area contributed by atoms with E-state index in [1.54, 1.807) is 0 Å². The Labute approximate surface area is 126 Å². The lowest BCUT2D eigenvalue weighted by atomic mass is 9.96. The van der Waals surface area contributed by atoms with Crippen LogP contribution in [-0.4, -0.2) is 22.6 Å². The summed E-state index contributed by atoms with van der Waals surface area (Å²) >= 11 is 0. The number of nitrogens with one attached hydrogen (secondary N) is 1. The highest BCUT2D eigenvalue weighted by Gasteiger charge is 2.15. The van der Waals surface area contributed by atoms with Crippen LogP contribution in [0.1, 0.15) is 66.7 Å². The molecule has 0 aromatic carbocycles. The fraction of sp³-hybridized carbons (Fsp3) is 0.588. The van der Waals surface area contributed by atoms with Crippen molar-refractivity contribution < 1.29 is 4.79 Å². The molecule has 112 valence electrons. The quantitative estimate of drug-likeness (QED) is 0.865. The van der Waals surface area contributed by atoms with Crippen LogP contribution in [0.3, 0.4) is 0 Å². The minimum atomic E-state index is -0.0905. The second kappa shape index (κ2) is 6.83. The van der Waals surface area contributed by atoms with Crippen molar-refractivity contribution in [1.82, 2.24) is 15.5 Å². The molecule has 21 heavy (non-hydrogen) atoms. The summed E-state index contributed by atoms with van der Waals surface area (Å²) in [4.78, 5) is 12.1. The Morgan fingerprint density at radius 1 is 1.10 bits per heavy atom. The first-order valence-corrected chi connectivity index (χ1v) is 8.14. The number of hydrogen-bond donors (Lipinski definition) is 1. The molecule has 4 heteroatoms. The van der Waals surface area contributed by atoms with E-state index in [0.29, 0.717) is 12.2 Å². The van der Waals surface area contributed by atoms with Crippen molar-refractivity contribution in [3.8, 4) is 0 Å². The third-order valence-electron chi connectivity index (χ3n) is 4.42. The van der Waals surface area contributed by atoms with Gasteiger partial charge >= 0.3 is 0 Å². The molecule has 2 aliphatic rings. The van der Waals surface area contributed by atoms with Crippen molar-refractivity contribution in [1.29, 1.82) is 0 Å². The van der Waals surface area contributed by atoms with E-state index >= 15 is 0 Å². The van der Waals surface area contributed by atoms with Crippen molar-refractivity contribution >= 4 is 5.91 Å². The highest BCUT2D eigenvalue weighted by molar-refractivity contribution is 5.92. The number of aryl methyl sites for hydroxylation is 2. The Bertz CT molecular complexity index is 551. The maximum atomic E-state index is 12.1. The molecule has 1 aromatic rings.